The molecule has 0 fully saturated rings. The van der Waals surface area contributed by atoms with Gasteiger partial charge in [-0.3, -0.25) is 4.79 Å². The fourth-order valence-electron chi connectivity index (χ4n) is 2.42. The molecule has 0 aliphatic carbocycles. The molecular formula is C18H18N2O3S2. The lowest BCUT2D eigenvalue weighted by atomic mass is 10.2. The van der Waals surface area contributed by atoms with Gasteiger partial charge in [0.05, 0.1) is 31.2 Å². The molecule has 2 heterocycles. The minimum atomic E-state index is -0.0760. The number of nitrogens with zero attached hydrogens (tertiary/aromatic N) is 1. The van der Waals surface area contributed by atoms with Crippen LogP contribution in [0, 0.1) is 0 Å². The molecule has 0 atom stereocenters. The summed E-state index contributed by atoms with van der Waals surface area (Å²) in [7, 11) is 3.18. The molecule has 0 radical (unpaired) electrons. The second kappa shape index (κ2) is 8.13. The molecule has 1 N–H and O–H groups in total. The Kier molecular flexibility index (Phi) is 5.67. The molecule has 5 nitrogen and oxygen atoms in total. The van der Waals surface area contributed by atoms with Gasteiger partial charge in [0.2, 0.25) is 5.91 Å². The average Bonchev–Trinajstić information content (AvgIpc) is 3.30. The highest BCUT2D eigenvalue weighted by Gasteiger charge is 2.12. The van der Waals surface area contributed by atoms with E-state index in [1.807, 2.05) is 41.1 Å². The normalized spacial score (nSPS) is 10.5. The van der Waals surface area contributed by atoms with Gasteiger partial charge < -0.3 is 14.8 Å². The van der Waals surface area contributed by atoms with Crippen LogP contribution >= 0.6 is 22.7 Å². The topological polar surface area (TPSA) is 60.5 Å². The number of para-hydroxylation sites is 1. The summed E-state index contributed by atoms with van der Waals surface area (Å²) in [4.78, 5) is 17.9. The van der Waals surface area contributed by atoms with Crippen molar-refractivity contribution in [3.8, 4) is 21.4 Å². The minimum Gasteiger partial charge on any atom is -0.493 e. The van der Waals surface area contributed by atoms with Crippen molar-refractivity contribution in [1.29, 1.82) is 0 Å². The number of aromatic nitrogens is 1. The SMILES string of the molecule is COc1cccc(CNC(=O)Cc2csc(-c3cccs3)n2)c1OC. The Labute approximate surface area is 154 Å². The summed E-state index contributed by atoms with van der Waals surface area (Å²) in [5.74, 6) is 1.21. The van der Waals surface area contributed by atoms with Gasteiger partial charge in [-0.15, -0.1) is 22.7 Å². The van der Waals surface area contributed by atoms with Crippen LogP contribution in [0.1, 0.15) is 11.3 Å². The molecule has 7 heteroatoms. The quantitative estimate of drug-likeness (QED) is 0.684. The predicted molar refractivity (Wildman–Crippen MR) is 101 cm³/mol. The van der Waals surface area contributed by atoms with Crippen molar-refractivity contribution in [1.82, 2.24) is 10.3 Å². The third-order valence-corrected chi connectivity index (χ3v) is 5.52. The van der Waals surface area contributed by atoms with Crippen LogP contribution in [0.2, 0.25) is 0 Å². The second-order valence-corrected chi connectivity index (χ2v) is 7.03. The molecule has 3 rings (SSSR count). The van der Waals surface area contributed by atoms with Crippen molar-refractivity contribution in [3.05, 3.63) is 52.3 Å². The number of nitrogens with one attached hydrogen (secondary N) is 1. The molecule has 1 aromatic carbocycles. The summed E-state index contributed by atoms with van der Waals surface area (Å²) in [6.45, 7) is 0.376. The van der Waals surface area contributed by atoms with E-state index in [4.69, 9.17) is 9.47 Å². The predicted octanol–water partition coefficient (Wildman–Crippen LogP) is 3.75. The van der Waals surface area contributed by atoms with Crippen molar-refractivity contribution in [3.63, 3.8) is 0 Å². The molecule has 0 saturated heterocycles. The zero-order chi connectivity index (χ0) is 17.6. The summed E-state index contributed by atoms with van der Waals surface area (Å²) in [6.07, 6.45) is 0.258. The van der Waals surface area contributed by atoms with Gasteiger partial charge in [-0.25, -0.2) is 4.98 Å². The number of benzene rings is 1. The molecule has 0 bridgehead atoms. The Hall–Kier alpha value is -2.38. The zero-order valence-electron chi connectivity index (χ0n) is 13.9. The fourth-order valence-corrected chi connectivity index (χ4v) is 4.05. The Morgan fingerprint density at radius 1 is 1.16 bits per heavy atom. The maximum atomic E-state index is 12.2. The molecule has 0 saturated carbocycles. The number of hydrogen-bond acceptors (Lipinski definition) is 6. The summed E-state index contributed by atoms with van der Waals surface area (Å²) in [6, 6.07) is 9.62. The number of carbonyl (C=O) groups is 1. The molecule has 1 amide bonds. The Bertz CT molecular complexity index is 844. The molecule has 0 spiro atoms. The molecule has 130 valence electrons. The number of rotatable bonds is 7. The smallest absolute Gasteiger partial charge is 0.226 e. The Balaban J connectivity index is 1.60. The summed E-state index contributed by atoms with van der Waals surface area (Å²) >= 11 is 3.20. The summed E-state index contributed by atoms with van der Waals surface area (Å²) in [5.41, 5.74) is 1.65. The maximum Gasteiger partial charge on any atom is 0.226 e. The highest BCUT2D eigenvalue weighted by Crippen LogP contribution is 2.30. The van der Waals surface area contributed by atoms with E-state index in [2.05, 4.69) is 10.3 Å². The maximum absolute atomic E-state index is 12.2. The van der Waals surface area contributed by atoms with Crippen molar-refractivity contribution >= 4 is 28.6 Å². The van der Waals surface area contributed by atoms with Gasteiger partial charge in [0.25, 0.3) is 0 Å². The molecule has 2 aromatic heterocycles. The van der Waals surface area contributed by atoms with Gasteiger partial charge in [-0.05, 0) is 17.5 Å². The van der Waals surface area contributed by atoms with E-state index in [0.29, 0.717) is 18.0 Å². The molecule has 0 aliphatic heterocycles. The van der Waals surface area contributed by atoms with Crippen molar-refractivity contribution in [2.75, 3.05) is 14.2 Å². The minimum absolute atomic E-state index is 0.0760. The van der Waals surface area contributed by atoms with Crippen LogP contribution in [0.3, 0.4) is 0 Å². The van der Waals surface area contributed by atoms with Crippen LogP contribution in [-0.4, -0.2) is 25.1 Å². The van der Waals surface area contributed by atoms with Crippen molar-refractivity contribution < 1.29 is 14.3 Å². The Morgan fingerprint density at radius 2 is 2.04 bits per heavy atom. The first kappa shape index (κ1) is 17.4. The first-order valence-electron chi connectivity index (χ1n) is 7.66. The number of methoxy groups -OCH3 is 2. The first-order valence-corrected chi connectivity index (χ1v) is 9.42. The van der Waals surface area contributed by atoms with Crippen LogP contribution in [0.15, 0.2) is 41.1 Å². The van der Waals surface area contributed by atoms with Gasteiger partial charge in [0, 0.05) is 17.5 Å². The van der Waals surface area contributed by atoms with E-state index < -0.39 is 0 Å². The highest BCUT2D eigenvalue weighted by atomic mass is 32.1. The van der Waals surface area contributed by atoms with Crippen LogP contribution in [0.4, 0.5) is 0 Å². The van der Waals surface area contributed by atoms with Crippen molar-refractivity contribution in [2.24, 2.45) is 0 Å². The van der Waals surface area contributed by atoms with E-state index in [0.717, 1.165) is 21.1 Å². The van der Waals surface area contributed by atoms with E-state index in [1.54, 1.807) is 36.9 Å². The highest BCUT2D eigenvalue weighted by molar-refractivity contribution is 7.20. The van der Waals surface area contributed by atoms with Crippen molar-refractivity contribution in [2.45, 2.75) is 13.0 Å². The average molecular weight is 374 g/mol. The largest absolute Gasteiger partial charge is 0.493 e. The molecular weight excluding hydrogens is 356 g/mol. The Morgan fingerprint density at radius 3 is 2.76 bits per heavy atom. The molecule has 3 aromatic rings. The summed E-state index contributed by atoms with van der Waals surface area (Å²) < 4.78 is 10.6. The molecule has 0 unspecified atom stereocenters. The zero-order valence-corrected chi connectivity index (χ0v) is 15.6. The number of carbonyl (C=O) groups excluding carboxylic acids is 1. The standard InChI is InChI=1S/C18H18N2O3S2/c1-22-14-6-3-5-12(17(14)23-2)10-19-16(21)9-13-11-25-18(20-13)15-7-4-8-24-15/h3-8,11H,9-10H2,1-2H3,(H,19,21). The van der Waals surface area contributed by atoms with E-state index >= 15 is 0 Å². The lowest BCUT2D eigenvalue weighted by molar-refractivity contribution is -0.120. The number of thiophene rings is 1. The summed E-state index contributed by atoms with van der Waals surface area (Å²) in [5, 5.41) is 7.81. The third kappa shape index (κ3) is 4.18. The van der Waals surface area contributed by atoms with Crippen LogP contribution < -0.4 is 14.8 Å². The lowest BCUT2D eigenvalue weighted by Crippen LogP contribution is -2.25. The number of hydrogen-bond donors (Lipinski definition) is 1. The third-order valence-electron chi connectivity index (χ3n) is 3.59. The van der Waals surface area contributed by atoms with Gasteiger partial charge in [0.1, 0.15) is 5.01 Å². The lowest BCUT2D eigenvalue weighted by Gasteiger charge is -2.13. The monoisotopic (exact) mass is 374 g/mol. The van der Waals surface area contributed by atoms with Crippen LogP contribution in [-0.2, 0) is 17.8 Å². The van der Waals surface area contributed by atoms with Gasteiger partial charge in [-0.2, -0.15) is 0 Å². The van der Waals surface area contributed by atoms with E-state index in [9.17, 15) is 4.79 Å². The van der Waals surface area contributed by atoms with Gasteiger partial charge in [-0.1, -0.05) is 18.2 Å². The van der Waals surface area contributed by atoms with Crippen LogP contribution in [0.5, 0.6) is 11.5 Å². The van der Waals surface area contributed by atoms with E-state index in [-0.39, 0.29) is 12.3 Å². The van der Waals surface area contributed by atoms with Crippen LogP contribution in [0.25, 0.3) is 9.88 Å². The van der Waals surface area contributed by atoms with E-state index in [1.165, 1.54) is 0 Å². The molecule has 25 heavy (non-hydrogen) atoms. The number of amides is 1. The second-order valence-electron chi connectivity index (χ2n) is 5.23. The van der Waals surface area contributed by atoms with Gasteiger partial charge >= 0.3 is 0 Å². The molecule has 0 aliphatic rings. The van der Waals surface area contributed by atoms with Gasteiger partial charge in [0.15, 0.2) is 11.5 Å². The first-order chi connectivity index (χ1) is 12.2. The number of ether oxygens (including phenoxy) is 2. The number of thiazole rings is 1. The fraction of sp³-hybridized carbons (Fsp3) is 0.222.